The molecule has 3 nitrogen and oxygen atoms in total. The highest BCUT2D eigenvalue weighted by molar-refractivity contribution is 9.09. The van der Waals surface area contributed by atoms with E-state index in [-0.39, 0.29) is 16.7 Å². The zero-order chi connectivity index (χ0) is 13.1. The minimum atomic E-state index is -0.487. The van der Waals surface area contributed by atoms with E-state index in [4.69, 9.17) is 4.74 Å². The normalized spacial score (nSPS) is 11.4. The summed E-state index contributed by atoms with van der Waals surface area (Å²) in [4.78, 5) is 23.2. The van der Waals surface area contributed by atoms with Gasteiger partial charge in [0.25, 0.3) is 0 Å². The van der Waals surface area contributed by atoms with Gasteiger partial charge < -0.3 is 4.74 Å². The van der Waals surface area contributed by atoms with Gasteiger partial charge >= 0.3 is 5.97 Å². The predicted molar refractivity (Wildman–Crippen MR) is 72.3 cm³/mol. The lowest BCUT2D eigenvalue weighted by Gasteiger charge is -2.06. The Hall–Kier alpha value is -0.640. The summed E-state index contributed by atoms with van der Waals surface area (Å²) in [7, 11) is 0. The molecule has 0 heterocycles. The van der Waals surface area contributed by atoms with Crippen molar-refractivity contribution in [3.8, 4) is 0 Å². The van der Waals surface area contributed by atoms with Gasteiger partial charge in [-0.3, -0.25) is 4.79 Å². The molecule has 0 spiro atoms. The van der Waals surface area contributed by atoms with E-state index >= 15 is 0 Å². The standard InChI is InChI=1S/C13H21BrO3/c1-3-5-7-8-11(12(15)10-14)13(16)17-9-6-4-2/h8H,3-7,9-10H2,1-2H3. The number of allylic oxidation sites excluding steroid dienone is 1. The summed E-state index contributed by atoms with van der Waals surface area (Å²) in [5.41, 5.74) is 0.187. The molecule has 0 fully saturated rings. The van der Waals surface area contributed by atoms with Crippen LogP contribution in [0.3, 0.4) is 0 Å². The first-order valence-electron chi connectivity index (χ1n) is 6.13. The highest BCUT2D eigenvalue weighted by Gasteiger charge is 2.17. The molecule has 4 heteroatoms. The molecule has 0 unspecified atom stereocenters. The molecule has 0 aromatic heterocycles. The van der Waals surface area contributed by atoms with Crippen molar-refractivity contribution < 1.29 is 14.3 Å². The van der Waals surface area contributed by atoms with Crippen LogP contribution in [0.1, 0.15) is 46.0 Å². The Labute approximate surface area is 112 Å². The quantitative estimate of drug-likeness (QED) is 0.164. The molecule has 0 aromatic carbocycles. The Balaban J connectivity index is 4.40. The van der Waals surface area contributed by atoms with Gasteiger partial charge in [0.1, 0.15) is 0 Å². The monoisotopic (exact) mass is 304 g/mol. The van der Waals surface area contributed by atoms with Crippen LogP contribution in [0.15, 0.2) is 11.6 Å². The van der Waals surface area contributed by atoms with Crippen LogP contribution in [0.2, 0.25) is 0 Å². The summed E-state index contributed by atoms with van der Waals surface area (Å²) in [5, 5.41) is 0.161. The number of hydrogen-bond donors (Lipinski definition) is 0. The summed E-state index contributed by atoms with van der Waals surface area (Å²) in [6.45, 7) is 4.48. The molecule has 0 aromatic rings. The van der Waals surface area contributed by atoms with Gasteiger partial charge in [0.15, 0.2) is 5.78 Å². The fourth-order valence-electron chi connectivity index (χ4n) is 1.22. The van der Waals surface area contributed by atoms with Crippen molar-refractivity contribution in [3.05, 3.63) is 11.6 Å². The Kier molecular flexibility index (Phi) is 10.1. The average molecular weight is 305 g/mol. The molecule has 17 heavy (non-hydrogen) atoms. The average Bonchev–Trinajstić information content (AvgIpc) is 2.34. The minimum Gasteiger partial charge on any atom is -0.462 e. The molecule has 0 radical (unpaired) electrons. The minimum absolute atomic E-state index is 0.161. The molecule has 0 aliphatic heterocycles. The van der Waals surface area contributed by atoms with Crippen LogP contribution in [-0.4, -0.2) is 23.7 Å². The van der Waals surface area contributed by atoms with Crippen LogP contribution in [0.4, 0.5) is 0 Å². The van der Waals surface area contributed by atoms with Crippen LogP contribution in [0.25, 0.3) is 0 Å². The van der Waals surface area contributed by atoms with Crippen LogP contribution in [-0.2, 0) is 14.3 Å². The molecule has 0 aliphatic carbocycles. The zero-order valence-corrected chi connectivity index (χ0v) is 12.2. The summed E-state index contributed by atoms with van der Waals surface area (Å²) in [5.74, 6) is -0.693. The van der Waals surface area contributed by atoms with Crippen molar-refractivity contribution >= 4 is 27.7 Å². The van der Waals surface area contributed by atoms with Crippen molar-refractivity contribution in [2.45, 2.75) is 46.0 Å². The Bertz CT molecular complexity index is 272. The molecule has 0 aliphatic rings. The Morgan fingerprint density at radius 2 is 1.82 bits per heavy atom. The molecule has 0 saturated carbocycles. The SMILES string of the molecule is CCCCC=C(C(=O)CBr)C(=O)OCCCC. The first kappa shape index (κ1) is 16.4. The second-order valence-electron chi connectivity index (χ2n) is 3.81. The number of hydrogen-bond acceptors (Lipinski definition) is 3. The van der Waals surface area contributed by atoms with E-state index in [2.05, 4.69) is 22.9 Å². The van der Waals surface area contributed by atoms with Crippen LogP contribution >= 0.6 is 15.9 Å². The van der Waals surface area contributed by atoms with E-state index in [0.717, 1.165) is 32.1 Å². The lowest BCUT2D eigenvalue weighted by atomic mass is 10.1. The first-order valence-corrected chi connectivity index (χ1v) is 7.25. The van der Waals surface area contributed by atoms with Gasteiger partial charge in [0, 0.05) is 0 Å². The van der Waals surface area contributed by atoms with Crippen LogP contribution in [0, 0.1) is 0 Å². The number of halogens is 1. The fourth-order valence-corrected chi connectivity index (χ4v) is 1.52. The maximum atomic E-state index is 11.7. The van der Waals surface area contributed by atoms with E-state index in [1.54, 1.807) is 6.08 Å². The number of ketones is 1. The third-order valence-electron chi connectivity index (χ3n) is 2.28. The number of unbranched alkanes of at least 4 members (excludes halogenated alkanes) is 3. The van der Waals surface area contributed by atoms with Gasteiger partial charge in [-0.2, -0.15) is 0 Å². The van der Waals surface area contributed by atoms with Gasteiger partial charge in [0.05, 0.1) is 17.5 Å². The maximum Gasteiger partial charge on any atom is 0.341 e. The third kappa shape index (κ3) is 7.31. The summed E-state index contributed by atoms with van der Waals surface area (Å²) in [6, 6.07) is 0. The number of esters is 1. The smallest absolute Gasteiger partial charge is 0.341 e. The largest absolute Gasteiger partial charge is 0.462 e. The third-order valence-corrected chi connectivity index (χ3v) is 2.79. The summed E-state index contributed by atoms with van der Waals surface area (Å²) >= 11 is 3.08. The second kappa shape index (κ2) is 10.5. The number of rotatable bonds is 9. The maximum absolute atomic E-state index is 11.7. The highest BCUT2D eigenvalue weighted by atomic mass is 79.9. The first-order chi connectivity index (χ1) is 8.17. The van der Waals surface area contributed by atoms with Gasteiger partial charge in [-0.1, -0.05) is 55.1 Å². The van der Waals surface area contributed by atoms with Crippen molar-refractivity contribution in [3.63, 3.8) is 0 Å². The fraction of sp³-hybridized carbons (Fsp3) is 0.692. The second-order valence-corrected chi connectivity index (χ2v) is 4.37. The van der Waals surface area contributed by atoms with E-state index in [1.165, 1.54) is 0 Å². The van der Waals surface area contributed by atoms with Gasteiger partial charge in [-0.15, -0.1) is 0 Å². The molecule has 0 rings (SSSR count). The highest BCUT2D eigenvalue weighted by Crippen LogP contribution is 2.07. The van der Waals surface area contributed by atoms with E-state index in [1.807, 2.05) is 6.92 Å². The topological polar surface area (TPSA) is 43.4 Å². The molecule has 0 amide bonds. The van der Waals surface area contributed by atoms with Crippen molar-refractivity contribution in [1.82, 2.24) is 0 Å². The number of Topliss-reactive ketones (excluding diaryl/α,β-unsaturated/α-hetero) is 1. The van der Waals surface area contributed by atoms with Gasteiger partial charge in [0.2, 0.25) is 0 Å². The molecule has 0 N–H and O–H groups in total. The van der Waals surface area contributed by atoms with Crippen LogP contribution in [0.5, 0.6) is 0 Å². The van der Waals surface area contributed by atoms with E-state index in [0.29, 0.717) is 6.61 Å². The van der Waals surface area contributed by atoms with Crippen molar-refractivity contribution in [2.75, 3.05) is 11.9 Å². The molecule has 98 valence electrons. The summed E-state index contributed by atoms with van der Waals surface area (Å²) in [6.07, 6.45) is 6.25. The number of alkyl halides is 1. The van der Waals surface area contributed by atoms with Crippen molar-refractivity contribution in [2.24, 2.45) is 0 Å². The van der Waals surface area contributed by atoms with Crippen LogP contribution < -0.4 is 0 Å². The predicted octanol–water partition coefficient (Wildman–Crippen LogP) is 3.41. The number of carbonyl (C=O) groups excluding carboxylic acids is 2. The molecular weight excluding hydrogens is 284 g/mol. The molecule has 0 atom stereocenters. The van der Waals surface area contributed by atoms with Gasteiger partial charge in [-0.05, 0) is 12.8 Å². The van der Waals surface area contributed by atoms with E-state index < -0.39 is 5.97 Å². The van der Waals surface area contributed by atoms with Gasteiger partial charge in [-0.25, -0.2) is 4.79 Å². The molecule has 0 bridgehead atoms. The zero-order valence-electron chi connectivity index (χ0n) is 10.6. The summed E-state index contributed by atoms with van der Waals surface area (Å²) < 4.78 is 5.05. The molecule has 0 saturated heterocycles. The Morgan fingerprint density at radius 1 is 1.18 bits per heavy atom. The molecular formula is C13H21BrO3. The lowest BCUT2D eigenvalue weighted by molar-refractivity contribution is -0.140. The number of carbonyl (C=O) groups is 2. The van der Waals surface area contributed by atoms with Crippen molar-refractivity contribution in [1.29, 1.82) is 0 Å². The van der Waals surface area contributed by atoms with E-state index in [9.17, 15) is 9.59 Å². The Morgan fingerprint density at radius 3 is 2.35 bits per heavy atom. The number of ether oxygens (including phenoxy) is 1. The lowest BCUT2D eigenvalue weighted by Crippen LogP contribution is -2.17.